The van der Waals surface area contributed by atoms with Crippen molar-refractivity contribution in [1.82, 2.24) is 5.32 Å². The van der Waals surface area contributed by atoms with Crippen LogP contribution in [0.4, 0.5) is 0 Å². The van der Waals surface area contributed by atoms with Gasteiger partial charge in [0.05, 0.1) is 0 Å². The van der Waals surface area contributed by atoms with E-state index in [2.05, 4.69) is 15.3 Å². The van der Waals surface area contributed by atoms with Crippen LogP contribution in [0.2, 0.25) is 0 Å². The van der Waals surface area contributed by atoms with E-state index < -0.39 is 0 Å². The first-order chi connectivity index (χ1) is 6.34. The lowest BCUT2D eigenvalue weighted by Crippen LogP contribution is -2.25. The van der Waals surface area contributed by atoms with Gasteiger partial charge >= 0.3 is 0 Å². The van der Waals surface area contributed by atoms with Crippen molar-refractivity contribution in [2.45, 2.75) is 0 Å². The maximum Gasteiger partial charge on any atom is 0.252 e. The van der Waals surface area contributed by atoms with Crippen molar-refractivity contribution in [3.8, 4) is 0 Å². The molecule has 1 rings (SSSR count). The van der Waals surface area contributed by atoms with E-state index in [9.17, 15) is 4.79 Å². The molecule has 6 heteroatoms. The Kier molecular flexibility index (Phi) is 3.81. The van der Waals surface area contributed by atoms with Crippen LogP contribution in [0.15, 0.2) is 21.9 Å². The summed E-state index contributed by atoms with van der Waals surface area (Å²) in [5, 5.41) is 9.52. The Morgan fingerprint density at radius 3 is 3.23 bits per heavy atom. The van der Waals surface area contributed by atoms with E-state index in [1.165, 1.54) is 11.3 Å². The first-order valence-corrected chi connectivity index (χ1v) is 4.60. The van der Waals surface area contributed by atoms with E-state index >= 15 is 0 Å². The smallest absolute Gasteiger partial charge is 0.252 e. The van der Waals surface area contributed by atoms with E-state index in [-0.39, 0.29) is 12.5 Å². The number of nitrogens with zero attached hydrogens (tertiary/aromatic N) is 3. The lowest BCUT2D eigenvalue weighted by atomic mass is 10.3. The lowest BCUT2D eigenvalue weighted by molar-refractivity contribution is 0.0955. The van der Waals surface area contributed by atoms with E-state index in [0.29, 0.717) is 12.1 Å². The van der Waals surface area contributed by atoms with Crippen LogP contribution in [0.3, 0.4) is 0 Å². The molecule has 13 heavy (non-hydrogen) atoms. The third-order valence-corrected chi connectivity index (χ3v) is 2.03. The van der Waals surface area contributed by atoms with Gasteiger partial charge in [-0.1, -0.05) is 5.11 Å². The maximum atomic E-state index is 11.2. The number of azide groups is 1. The van der Waals surface area contributed by atoms with Crippen molar-refractivity contribution in [2.75, 3.05) is 13.1 Å². The van der Waals surface area contributed by atoms with Gasteiger partial charge in [-0.05, 0) is 17.0 Å². The SMILES string of the molecule is [N-]=[N+]=NCCNC(=O)c1ccsc1. The summed E-state index contributed by atoms with van der Waals surface area (Å²) < 4.78 is 0. The number of rotatable bonds is 4. The number of carbonyl (C=O) groups excluding carboxylic acids is 1. The molecule has 0 aliphatic heterocycles. The zero-order chi connectivity index (χ0) is 9.52. The maximum absolute atomic E-state index is 11.2. The molecular weight excluding hydrogens is 188 g/mol. The van der Waals surface area contributed by atoms with Crippen LogP contribution in [0.1, 0.15) is 10.4 Å². The van der Waals surface area contributed by atoms with Gasteiger partial charge in [-0.2, -0.15) is 11.3 Å². The van der Waals surface area contributed by atoms with Crippen molar-refractivity contribution in [3.05, 3.63) is 32.8 Å². The van der Waals surface area contributed by atoms with Crippen molar-refractivity contribution < 1.29 is 4.79 Å². The summed E-state index contributed by atoms with van der Waals surface area (Å²) in [6.45, 7) is 0.658. The largest absolute Gasteiger partial charge is 0.352 e. The third kappa shape index (κ3) is 3.14. The molecule has 0 aliphatic carbocycles. The molecular formula is C7H8N4OS. The summed E-state index contributed by atoms with van der Waals surface area (Å²) in [5.74, 6) is -0.130. The molecule has 0 aliphatic rings. The Hall–Kier alpha value is -1.52. The molecule has 68 valence electrons. The van der Waals surface area contributed by atoms with Crippen LogP contribution in [0.25, 0.3) is 10.4 Å². The Morgan fingerprint density at radius 1 is 1.77 bits per heavy atom. The third-order valence-electron chi connectivity index (χ3n) is 1.34. The molecule has 0 bridgehead atoms. The van der Waals surface area contributed by atoms with Crippen molar-refractivity contribution in [2.24, 2.45) is 5.11 Å². The summed E-state index contributed by atoms with van der Waals surface area (Å²) in [7, 11) is 0. The van der Waals surface area contributed by atoms with Crippen LogP contribution >= 0.6 is 11.3 Å². The highest BCUT2D eigenvalue weighted by Crippen LogP contribution is 2.04. The van der Waals surface area contributed by atoms with E-state index in [1.54, 1.807) is 11.4 Å². The molecule has 0 saturated heterocycles. The number of hydrogen-bond acceptors (Lipinski definition) is 3. The Labute approximate surface area is 79.0 Å². The summed E-state index contributed by atoms with van der Waals surface area (Å²) in [6, 6.07) is 1.74. The fraction of sp³-hybridized carbons (Fsp3) is 0.286. The standard InChI is InChI=1S/C7H8N4OS/c8-11-10-3-2-9-7(12)6-1-4-13-5-6/h1,4-5H,2-3H2,(H,9,12). The molecule has 1 amide bonds. The van der Waals surface area contributed by atoms with E-state index in [1.807, 2.05) is 5.38 Å². The van der Waals surface area contributed by atoms with Gasteiger partial charge in [-0.25, -0.2) is 0 Å². The molecule has 0 aromatic carbocycles. The van der Waals surface area contributed by atoms with Gasteiger partial charge in [0.2, 0.25) is 0 Å². The van der Waals surface area contributed by atoms with Gasteiger partial charge in [0.15, 0.2) is 0 Å². The minimum Gasteiger partial charge on any atom is -0.352 e. The molecule has 0 atom stereocenters. The molecule has 1 aromatic rings. The minimum absolute atomic E-state index is 0.130. The summed E-state index contributed by atoms with van der Waals surface area (Å²) in [6.07, 6.45) is 0. The highest BCUT2D eigenvalue weighted by molar-refractivity contribution is 7.08. The molecule has 0 fully saturated rings. The van der Waals surface area contributed by atoms with Crippen LogP contribution in [-0.2, 0) is 0 Å². The highest BCUT2D eigenvalue weighted by atomic mass is 32.1. The lowest BCUT2D eigenvalue weighted by Gasteiger charge is -1.99. The fourth-order valence-electron chi connectivity index (χ4n) is 0.760. The average molecular weight is 196 g/mol. The van der Waals surface area contributed by atoms with Crippen LogP contribution < -0.4 is 5.32 Å². The van der Waals surface area contributed by atoms with Gasteiger partial charge in [0.25, 0.3) is 5.91 Å². The second-order valence-electron chi connectivity index (χ2n) is 2.22. The fourth-order valence-corrected chi connectivity index (χ4v) is 1.40. The van der Waals surface area contributed by atoms with Crippen molar-refractivity contribution >= 4 is 17.2 Å². The quantitative estimate of drug-likeness (QED) is 0.339. The molecule has 0 spiro atoms. The van der Waals surface area contributed by atoms with Gasteiger partial charge in [-0.15, -0.1) is 0 Å². The Balaban J connectivity index is 2.30. The normalized spacial score (nSPS) is 8.92. The summed E-state index contributed by atoms with van der Waals surface area (Å²) in [4.78, 5) is 13.8. The van der Waals surface area contributed by atoms with Gasteiger partial charge in [0, 0.05) is 28.9 Å². The first kappa shape index (κ1) is 9.57. The molecule has 0 saturated carbocycles. The second kappa shape index (κ2) is 5.18. The Bertz CT molecular complexity index is 315. The van der Waals surface area contributed by atoms with Gasteiger partial charge in [0.1, 0.15) is 0 Å². The molecule has 0 radical (unpaired) electrons. The Morgan fingerprint density at radius 2 is 2.62 bits per heavy atom. The molecule has 1 aromatic heterocycles. The number of thiophene rings is 1. The van der Waals surface area contributed by atoms with Crippen molar-refractivity contribution in [3.63, 3.8) is 0 Å². The topological polar surface area (TPSA) is 77.9 Å². The molecule has 1 heterocycles. The molecule has 0 unspecified atom stereocenters. The van der Waals surface area contributed by atoms with E-state index in [4.69, 9.17) is 5.53 Å². The number of carbonyl (C=O) groups is 1. The summed E-state index contributed by atoms with van der Waals surface area (Å²) in [5.41, 5.74) is 8.61. The predicted octanol–water partition coefficient (Wildman–Crippen LogP) is 1.79. The van der Waals surface area contributed by atoms with Gasteiger partial charge < -0.3 is 5.32 Å². The predicted molar refractivity (Wildman–Crippen MR) is 50.7 cm³/mol. The van der Waals surface area contributed by atoms with Crippen LogP contribution in [0, 0.1) is 0 Å². The first-order valence-electron chi connectivity index (χ1n) is 3.66. The molecule has 1 N–H and O–H groups in total. The van der Waals surface area contributed by atoms with Gasteiger partial charge in [-0.3, -0.25) is 4.79 Å². The molecule has 5 nitrogen and oxygen atoms in total. The number of nitrogens with one attached hydrogen (secondary N) is 1. The van der Waals surface area contributed by atoms with Crippen LogP contribution in [-0.4, -0.2) is 19.0 Å². The summed E-state index contributed by atoms with van der Waals surface area (Å²) >= 11 is 1.47. The minimum atomic E-state index is -0.130. The number of amides is 1. The van der Waals surface area contributed by atoms with E-state index in [0.717, 1.165) is 0 Å². The average Bonchev–Trinajstić information content (AvgIpc) is 2.65. The van der Waals surface area contributed by atoms with Crippen molar-refractivity contribution in [1.29, 1.82) is 0 Å². The van der Waals surface area contributed by atoms with Crippen LogP contribution in [0.5, 0.6) is 0 Å². The number of hydrogen-bond donors (Lipinski definition) is 1. The zero-order valence-electron chi connectivity index (χ0n) is 6.80. The highest BCUT2D eigenvalue weighted by Gasteiger charge is 2.02. The second-order valence-corrected chi connectivity index (χ2v) is 3.00. The monoisotopic (exact) mass is 196 g/mol. The zero-order valence-corrected chi connectivity index (χ0v) is 7.62.